The van der Waals surface area contributed by atoms with Gasteiger partial charge in [0.2, 0.25) is 0 Å². The molecule has 110 valence electrons. The van der Waals surface area contributed by atoms with E-state index in [1.807, 2.05) is 0 Å². The molecule has 0 nitrogen and oxygen atoms in total. The number of hydrogen-bond acceptors (Lipinski definition) is 0. The zero-order valence-corrected chi connectivity index (χ0v) is 17.1. The number of halogens is 2. The molecule has 0 N–H and O–H groups in total. The Morgan fingerprint density at radius 1 is 1.17 bits per heavy atom. The SMILES string of the molecule is CCCCCC(C)(CI=IC)C1CCC(CC)C1. The van der Waals surface area contributed by atoms with E-state index in [0.29, 0.717) is 33.2 Å². The normalized spacial score (nSPS) is 28.7. The lowest BCUT2D eigenvalue weighted by Crippen LogP contribution is -2.28. The van der Waals surface area contributed by atoms with Gasteiger partial charge in [-0.05, 0) is 41.4 Å². The summed E-state index contributed by atoms with van der Waals surface area (Å²) in [4.78, 5) is 2.50. The summed E-state index contributed by atoms with van der Waals surface area (Å²) in [6.45, 7) is 7.39. The van der Waals surface area contributed by atoms with Crippen molar-refractivity contribution in [2.24, 2.45) is 17.3 Å². The Bertz CT molecular complexity index is 249. The topological polar surface area (TPSA) is 0 Å². The molecule has 3 unspecified atom stereocenters. The predicted molar refractivity (Wildman–Crippen MR) is 102 cm³/mol. The maximum atomic E-state index is 2.66. The van der Waals surface area contributed by atoms with Crippen LogP contribution in [0, 0.1) is 17.3 Å². The van der Waals surface area contributed by atoms with E-state index in [2.05, 4.69) is 25.7 Å². The molecule has 0 spiro atoms. The Balaban J connectivity index is 2.58. The predicted octanol–water partition coefficient (Wildman–Crippen LogP) is 6.89. The molecule has 1 saturated carbocycles. The second-order valence-electron chi connectivity index (χ2n) is 6.27. The van der Waals surface area contributed by atoms with Crippen molar-refractivity contribution in [3.8, 4) is 0 Å². The molecule has 0 saturated heterocycles. The molecule has 1 aliphatic carbocycles. The van der Waals surface area contributed by atoms with Gasteiger partial charge in [0.25, 0.3) is 0 Å². The van der Waals surface area contributed by atoms with Gasteiger partial charge in [-0.2, -0.15) is 0 Å². The first-order valence-corrected chi connectivity index (χ1v) is 17.7. The van der Waals surface area contributed by atoms with Crippen LogP contribution in [0.5, 0.6) is 0 Å². The van der Waals surface area contributed by atoms with Crippen molar-refractivity contribution in [1.29, 1.82) is 0 Å². The van der Waals surface area contributed by atoms with Crippen LogP contribution in [0.4, 0.5) is 0 Å². The maximum absolute atomic E-state index is 2.66. The zero-order chi connectivity index (χ0) is 13.4. The highest BCUT2D eigenvalue weighted by atomic mass is 128. The summed E-state index contributed by atoms with van der Waals surface area (Å²) < 4.78 is 1.64. The third-order valence-corrected chi connectivity index (χ3v) is 13.3. The van der Waals surface area contributed by atoms with Crippen molar-refractivity contribution < 1.29 is 0 Å². The minimum Gasteiger partial charge on any atom is -0.0898 e. The van der Waals surface area contributed by atoms with Gasteiger partial charge in [-0.15, -0.1) is 0 Å². The van der Waals surface area contributed by atoms with Crippen molar-refractivity contribution >= 4 is 33.2 Å². The molecule has 1 aliphatic rings. The largest absolute Gasteiger partial charge is 0.0898 e. The molecule has 0 heterocycles. The summed E-state index contributed by atoms with van der Waals surface area (Å²) in [6.07, 6.45) is 11.9. The van der Waals surface area contributed by atoms with E-state index in [0.717, 1.165) is 17.3 Å². The Labute approximate surface area is 131 Å². The average molecular weight is 478 g/mol. The van der Waals surface area contributed by atoms with Crippen molar-refractivity contribution in [2.45, 2.75) is 72.1 Å². The molecule has 0 aromatic carbocycles. The molecule has 0 aromatic heterocycles. The molecule has 0 aliphatic heterocycles. The van der Waals surface area contributed by atoms with E-state index in [4.69, 9.17) is 0 Å². The summed E-state index contributed by atoms with van der Waals surface area (Å²) in [5.41, 5.74) is 0.738. The number of hydrogen-bond donors (Lipinski definition) is 0. The molecule has 2 heteroatoms. The lowest BCUT2D eigenvalue weighted by molar-refractivity contribution is 0.198. The van der Waals surface area contributed by atoms with Crippen LogP contribution < -0.4 is 0 Å². The average Bonchev–Trinajstić information content (AvgIpc) is 2.86. The molecule has 1 fully saturated rings. The highest BCUT2D eigenvalue weighted by molar-refractivity contribution is 14.8. The first kappa shape index (κ1) is 17.5. The van der Waals surface area contributed by atoms with Crippen LogP contribution in [-0.2, 0) is 0 Å². The minimum atomic E-state index is 0.589. The molecule has 3 atom stereocenters. The van der Waals surface area contributed by atoms with Crippen LogP contribution in [0.2, 0.25) is 0 Å². The van der Waals surface area contributed by atoms with E-state index in [9.17, 15) is 0 Å². The standard InChI is InChI=1S/C16H32I2/c1-5-7-8-11-16(3,13-18-17-4)15-10-9-14(6-2)12-15/h14-15H,5-13H2,1-4H3. The minimum absolute atomic E-state index is 0.589. The third-order valence-electron chi connectivity index (χ3n) is 4.91. The quantitative estimate of drug-likeness (QED) is 0.203. The van der Waals surface area contributed by atoms with Crippen molar-refractivity contribution in [2.75, 3.05) is 9.36 Å². The smallest absolute Gasteiger partial charge is 0.00519 e. The highest BCUT2D eigenvalue weighted by Crippen LogP contribution is 2.48. The lowest BCUT2D eigenvalue weighted by Gasteiger charge is -2.35. The van der Waals surface area contributed by atoms with Gasteiger partial charge >= 0.3 is 0 Å². The summed E-state index contributed by atoms with van der Waals surface area (Å²) >= 11 is 1.19. The monoisotopic (exact) mass is 478 g/mol. The van der Waals surface area contributed by atoms with Gasteiger partial charge in [-0.25, -0.2) is 0 Å². The molecule has 18 heavy (non-hydrogen) atoms. The van der Waals surface area contributed by atoms with Gasteiger partial charge in [0.05, 0.1) is 0 Å². The van der Waals surface area contributed by atoms with E-state index in [1.54, 1.807) is 17.3 Å². The Morgan fingerprint density at radius 2 is 1.94 bits per heavy atom. The van der Waals surface area contributed by atoms with Gasteiger partial charge in [0.15, 0.2) is 0 Å². The van der Waals surface area contributed by atoms with Crippen molar-refractivity contribution in [3.63, 3.8) is 0 Å². The van der Waals surface area contributed by atoms with Crippen LogP contribution in [0.15, 0.2) is 0 Å². The Morgan fingerprint density at radius 3 is 2.50 bits per heavy atom. The molecule has 0 radical (unpaired) electrons. The third kappa shape index (κ3) is 5.45. The second kappa shape index (κ2) is 9.41. The summed E-state index contributed by atoms with van der Waals surface area (Å²) in [6, 6.07) is 0. The van der Waals surface area contributed by atoms with E-state index in [1.165, 1.54) is 38.5 Å². The Kier molecular flexibility index (Phi) is 9.15. The van der Waals surface area contributed by atoms with E-state index < -0.39 is 0 Å². The fourth-order valence-electron chi connectivity index (χ4n) is 3.40. The first-order valence-electron chi connectivity index (χ1n) is 7.74. The number of alkyl halides is 2. The second-order valence-corrected chi connectivity index (χ2v) is 17.8. The van der Waals surface area contributed by atoms with Gasteiger partial charge in [-0.3, -0.25) is 0 Å². The van der Waals surface area contributed by atoms with Crippen molar-refractivity contribution in [1.82, 2.24) is 0 Å². The first-order chi connectivity index (χ1) is 8.66. The van der Waals surface area contributed by atoms with Crippen molar-refractivity contribution in [3.05, 3.63) is 0 Å². The van der Waals surface area contributed by atoms with Gasteiger partial charge in [0, 0.05) is 4.43 Å². The number of rotatable bonds is 8. The van der Waals surface area contributed by atoms with E-state index >= 15 is 0 Å². The molecule has 1 rings (SSSR count). The fourth-order valence-corrected chi connectivity index (χ4v) is 11.7. The van der Waals surface area contributed by atoms with Crippen LogP contribution in [0.3, 0.4) is 0 Å². The van der Waals surface area contributed by atoms with Crippen LogP contribution in [0.25, 0.3) is 0 Å². The van der Waals surface area contributed by atoms with Crippen LogP contribution in [-0.4, -0.2) is 9.36 Å². The lowest BCUT2D eigenvalue weighted by atomic mass is 9.73. The molecule has 0 aromatic rings. The van der Waals surface area contributed by atoms with Gasteiger partial charge in [-0.1, -0.05) is 86.1 Å². The number of unbranched alkanes of at least 4 members (excludes halogenated alkanes) is 2. The van der Waals surface area contributed by atoms with Crippen LogP contribution in [0.1, 0.15) is 72.1 Å². The summed E-state index contributed by atoms with van der Waals surface area (Å²) in [7, 11) is 0. The van der Waals surface area contributed by atoms with Gasteiger partial charge < -0.3 is 0 Å². The Hall–Kier alpha value is 1.46. The van der Waals surface area contributed by atoms with Crippen LogP contribution >= 0.6 is 33.2 Å². The van der Waals surface area contributed by atoms with E-state index in [-0.39, 0.29) is 0 Å². The fraction of sp³-hybridized carbons (Fsp3) is 1.00. The zero-order valence-electron chi connectivity index (χ0n) is 12.8. The highest BCUT2D eigenvalue weighted by Gasteiger charge is 2.37. The molecular formula is C16H32I2. The summed E-state index contributed by atoms with van der Waals surface area (Å²) in [5.74, 6) is 2.14. The molecule has 0 amide bonds. The maximum Gasteiger partial charge on any atom is 0.00519 e. The molecule has 0 bridgehead atoms. The molecular weight excluding hydrogens is 446 g/mol. The summed E-state index contributed by atoms with van der Waals surface area (Å²) in [5, 5.41) is 0. The van der Waals surface area contributed by atoms with Gasteiger partial charge in [0.1, 0.15) is 0 Å².